The van der Waals surface area contributed by atoms with E-state index in [9.17, 15) is 43.8 Å². The first-order valence-electron chi connectivity index (χ1n) is 15.6. The number of anilines is 1. The van der Waals surface area contributed by atoms with Gasteiger partial charge in [0.1, 0.15) is 40.6 Å². The first-order valence-corrected chi connectivity index (χ1v) is 16.5. The number of hydrogen-bond donors (Lipinski definition) is 5. The number of nitrogens with one attached hydrogen (secondary N) is 2. The van der Waals surface area contributed by atoms with Gasteiger partial charge in [0.25, 0.3) is 23.3 Å². The van der Waals surface area contributed by atoms with E-state index in [1.807, 2.05) is 0 Å². The molecule has 6 rings (SSSR count). The first-order chi connectivity index (χ1) is 23.7. The van der Waals surface area contributed by atoms with Gasteiger partial charge in [-0.2, -0.15) is 0 Å². The Morgan fingerprint density at radius 1 is 1.10 bits per heavy atom. The fourth-order valence-electron chi connectivity index (χ4n) is 6.35. The number of likely N-dealkylation sites (tertiary alicyclic amines) is 1. The van der Waals surface area contributed by atoms with Gasteiger partial charge >= 0.3 is 5.97 Å². The number of H-pyrrole nitrogens is 1. The van der Waals surface area contributed by atoms with Crippen molar-refractivity contribution in [2.75, 3.05) is 18.4 Å². The summed E-state index contributed by atoms with van der Waals surface area (Å²) in [5.74, 6) is -4.68. The molecule has 0 saturated carbocycles. The quantitative estimate of drug-likeness (QED) is 0.195. The lowest BCUT2D eigenvalue weighted by Crippen LogP contribution is -2.72. The van der Waals surface area contributed by atoms with Gasteiger partial charge < -0.3 is 36.0 Å². The summed E-state index contributed by atoms with van der Waals surface area (Å²) in [4.78, 5) is 101. The maximum Gasteiger partial charge on any atom is 0.327 e. The highest BCUT2D eigenvalue weighted by molar-refractivity contribution is 8.01. The third kappa shape index (κ3) is 6.20. The van der Waals surface area contributed by atoms with Gasteiger partial charge in [0.15, 0.2) is 0 Å². The molecule has 16 nitrogen and oxygen atoms in total. The number of nitrogens with zero attached hydrogens (tertiary/aromatic N) is 4. The van der Waals surface area contributed by atoms with Gasteiger partial charge in [-0.1, -0.05) is 12.1 Å². The van der Waals surface area contributed by atoms with Gasteiger partial charge in [-0.25, -0.2) is 9.78 Å². The minimum absolute atomic E-state index is 0.0634. The standard InChI is InChI=1S/C33H33N7O9S/c1-33(2)25(32(48)49)40-30(47)24(31(40)50-33)39(29(46)23(34)16-7-11-19(41)12-8-16)28(45)20-14-35-26(37-27(20)44)17-5-9-18(10-6-17)36-21(42)15-38-13-3-4-22(38)43/h5-12,14,23-25,31,41H,3-4,13,15,34H2,1-2H3,(H,36,42)(H,48,49)(H,35,37,44)/t23-,24-,25+,31-/m1/s1. The molecule has 4 atom stereocenters. The first kappa shape index (κ1) is 34.3. The van der Waals surface area contributed by atoms with E-state index in [4.69, 9.17) is 5.73 Å². The topological polar surface area (TPSA) is 236 Å². The minimum atomic E-state index is -1.49. The second kappa shape index (κ2) is 13.1. The molecule has 17 heteroatoms. The second-order valence-electron chi connectivity index (χ2n) is 12.6. The number of benzene rings is 2. The summed E-state index contributed by atoms with van der Waals surface area (Å²) in [7, 11) is 0. The fourth-order valence-corrected chi connectivity index (χ4v) is 8.02. The molecule has 0 aliphatic carbocycles. The SMILES string of the molecule is CC1(C)S[C@@H]2[C@H](N(C(=O)c3cnc(-c4ccc(NC(=O)CN5CCCC5=O)cc4)[nH]c3=O)C(=O)[C@H](N)c3ccc(O)cc3)C(=O)N2[C@H]1C(=O)O. The van der Waals surface area contributed by atoms with Crippen LogP contribution in [0.5, 0.6) is 5.75 Å². The number of nitrogens with two attached hydrogens (primary N) is 1. The number of phenolic OH excluding ortho intramolecular Hbond substituents is 1. The highest BCUT2D eigenvalue weighted by atomic mass is 32.2. The van der Waals surface area contributed by atoms with Crippen LogP contribution in [0.15, 0.2) is 59.5 Å². The number of fused-ring (bicyclic) bond motifs is 1. The van der Waals surface area contributed by atoms with E-state index < -0.39 is 63.1 Å². The van der Waals surface area contributed by atoms with Crippen LogP contribution in [0.4, 0.5) is 5.69 Å². The summed E-state index contributed by atoms with van der Waals surface area (Å²) in [6.45, 7) is 3.74. The van der Waals surface area contributed by atoms with Crippen molar-refractivity contribution in [3.8, 4) is 17.1 Å². The van der Waals surface area contributed by atoms with E-state index >= 15 is 0 Å². The summed E-state index contributed by atoms with van der Waals surface area (Å²) in [5, 5.41) is 21.3. The van der Waals surface area contributed by atoms with Gasteiger partial charge in [0, 0.05) is 35.2 Å². The van der Waals surface area contributed by atoms with Crippen molar-refractivity contribution in [3.05, 3.63) is 76.2 Å². The molecule has 0 radical (unpaired) electrons. The zero-order valence-electron chi connectivity index (χ0n) is 26.9. The summed E-state index contributed by atoms with van der Waals surface area (Å²) in [6.07, 6.45) is 2.10. The van der Waals surface area contributed by atoms with Crippen molar-refractivity contribution in [2.45, 2.75) is 54.9 Å². The molecule has 0 unspecified atom stereocenters. The molecule has 3 fully saturated rings. The summed E-state index contributed by atoms with van der Waals surface area (Å²) in [5.41, 5.74) is 5.85. The lowest BCUT2D eigenvalue weighted by atomic mass is 9.94. The van der Waals surface area contributed by atoms with Crippen molar-refractivity contribution in [1.82, 2.24) is 24.7 Å². The van der Waals surface area contributed by atoms with Crippen molar-refractivity contribution in [1.29, 1.82) is 0 Å². The Balaban J connectivity index is 1.25. The predicted octanol–water partition coefficient (Wildman–Crippen LogP) is 0.888. The summed E-state index contributed by atoms with van der Waals surface area (Å²) >= 11 is 1.11. The number of phenols is 1. The van der Waals surface area contributed by atoms with Gasteiger partial charge in [-0.05, 0) is 62.2 Å². The molecule has 5 amide bonds. The average Bonchev–Trinajstić information content (AvgIpc) is 3.59. The molecule has 1 aromatic heterocycles. The van der Waals surface area contributed by atoms with Crippen LogP contribution in [0.25, 0.3) is 11.4 Å². The van der Waals surface area contributed by atoms with Crippen molar-refractivity contribution < 1.29 is 39.0 Å². The van der Waals surface area contributed by atoms with Crippen molar-refractivity contribution in [3.63, 3.8) is 0 Å². The van der Waals surface area contributed by atoms with E-state index in [1.54, 1.807) is 38.1 Å². The van der Waals surface area contributed by atoms with Crippen LogP contribution in [0, 0.1) is 0 Å². The fraction of sp³-hybridized carbons (Fsp3) is 0.333. The molecule has 50 heavy (non-hydrogen) atoms. The minimum Gasteiger partial charge on any atom is -0.508 e. The number of hydrogen-bond acceptors (Lipinski definition) is 11. The van der Waals surface area contributed by atoms with Crippen molar-refractivity contribution >= 4 is 53.0 Å². The number of carbonyl (C=O) groups excluding carboxylic acids is 5. The Morgan fingerprint density at radius 3 is 2.38 bits per heavy atom. The molecule has 3 saturated heterocycles. The van der Waals surface area contributed by atoms with Crippen LogP contribution in [0.2, 0.25) is 0 Å². The van der Waals surface area contributed by atoms with Crippen LogP contribution >= 0.6 is 11.8 Å². The Bertz CT molecular complexity index is 1960. The Kier molecular flexibility index (Phi) is 8.96. The van der Waals surface area contributed by atoms with E-state index in [0.717, 1.165) is 22.9 Å². The molecule has 6 N–H and O–H groups in total. The number of aromatic nitrogens is 2. The third-order valence-electron chi connectivity index (χ3n) is 8.88. The molecule has 3 aromatic rings. The smallest absolute Gasteiger partial charge is 0.327 e. The number of thioether (sulfide) groups is 1. The average molecular weight is 704 g/mol. The lowest BCUT2D eigenvalue weighted by Gasteiger charge is -2.47. The molecule has 0 bridgehead atoms. The molecule has 4 heterocycles. The van der Waals surface area contributed by atoms with Gasteiger partial charge in [-0.15, -0.1) is 11.8 Å². The summed E-state index contributed by atoms with van der Waals surface area (Å²) in [6, 6.07) is 7.45. The third-order valence-corrected chi connectivity index (χ3v) is 10.4. The number of β-lactam (4-membered cyclic amide) rings is 1. The van der Waals surface area contributed by atoms with E-state index in [0.29, 0.717) is 35.5 Å². The molecular formula is C33H33N7O9S. The zero-order valence-corrected chi connectivity index (χ0v) is 27.7. The number of imide groups is 1. The largest absolute Gasteiger partial charge is 0.508 e. The number of carbonyl (C=O) groups is 6. The number of carboxylic acids is 1. The van der Waals surface area contributed by atoms with Gasteiger partial charge in [0.2, 0.25) is 11.8 Å². The molecule has 2 aromatic carbocycles. The normalized spacial score (nSPS) is 21.3. The monoisotopic (exact) mass is 703 g/mol. The molecular weight excluding hydrogens is 670 g/mol. The molecule has 0 spiro atoms. The molecule has 3 aliphatic heterocycles. The number of aromatic hydroxyl groups is 1. The zero-order chi connectivity index (χ0) is 36.1. The van der Waals surface area contributed by atoms with Crippen LogP contribution in [0.1, 0.15) is 48.7 Å². The van der Waals surface area contributed by atoms with Gasteiger partial charge in [-0.3, -0.25) is 33.7 Å². The maximum atomic E-state index is 14.1. The number of amides is 5. The maximum absolute atomic E-state index is 14.1. The number of aromatic amines is 1. The van der Waals surface area contributed by atoms with Crippen LogP contribution < -0.4 is 16.6 Å². The number of aliphatic carboxylic acids is 1. The van der Waals surface area contributed by atoms with Crippen LogP contribution in [-0.2, 0) is 24.0 Å². The molecule has 260 valence electrons. The van der Waals surface area contributed by atoms with E-state index in [2.05, 4.69) is 15.3 Å². The Labute approximate surface area is 288 Å². The Morgan fingerprint density at radius 2 is 1.78 bits per heavy atom. The highest BCUT2D eigenvalue weighted by Crippen LogP contribution is 2.52. The predicted molar refractivity (Wildman–Crippen MR) is 178 cm³/mol. The van der Waals surface area contributed by atoms with Gasteiger partial charge in [0.05, 0.1) is 6.54 Å². The molecule has 3 aliphatic rings. The number of carboxylic acid groups (broad SMARTS) is 1. The lowest BCUT2D eigenvalue weighted by molar-refractivity contribution is -0.166. The van der Waals surface area contributed by atoms with E-state index in [-0.39, 0.29) is 35.5 Å². The second-order valence-corrected chi connectivity index (χ2v) is 14.4. The van der Waals surface area contributed by atoms with E-state index in [1.165, 1.54) is 29.2 Å². The summed E-state index contributed by atoms with van der Waals surface area (Å²) < 4.78 is -0.969. The van der Waals surface area contributed by atoms with Crippen molar-refractivity contribution in [2.24, 2.45) is 5.73 Å². The Hall–Kier alpha value is -5.55. The highest BCUT2D eigenvalue weighted by Gasteiger charge is 2.67. The number of rotatable bonds is 9. The van der Waals surface area contributed by atoms with Crippen LogP contribution in [0.3, 0.4) is 0 Å². The van der Waals surface area contributed by atoms with Crippen LogP contribution in [-0.4, -0.2) is 106 Å².